The van der Waals surface area contributed by atoms with Crippen molar-refractivity contribution in [2.24, 2.45) is 5.41 Å². The van der Waals surface area contributed by atoms with Crippen LogP contribution in [0.5, 0.6) is 0 Å². The molecule has 0 aromatic carbocycles. The van der Waals surface area contributed by atoms with Gasteiger partial charge in [0.15, 0.2) is 5.78 Å². The van der Waals surface area contributed by atoms with Crippen LogP contribution < -0.4 is 19.7 Å². The molecule has 0 spiro atoms. The summed E-state index contributed by atoms with van der Waals surface area (Å²) in [5.74, 6) is -0.251. The maximum atomic E-state index is 13.2. The van der Waals surface area contributed by atoms with Gasteiger partial charge in [-0.3, -0.25) is 19.1 Å². The van der Waals surface area contributed by atoms with E-state index in [4.69, 9.17) is 4.74 Å². The molecule has 0 aliphatic carbocycles. The Labute approximate surface area is 185 Å². The number of morpholine rings is 1. The minimum Gasteiger partial charge on any atom is -0.370 e. The molecule has 0 bridgehead atoms. The van der Waals surface area contributed by atoms with Crippen LogP contribution in [0.25, 0.3) is 11.6 Å². The summed E-state index contributed by atoms with van der Waals surface area (Å²) in [4.78, 5) is 31.6. The van der Waals surface area contributed by atoms with Crippen LogP contribution in [0.15, 0.2) is 29.3 Å². The number of thiazole rings is 1. The fraction of sp³-hybridized carbons (Fsp3) is 0.478. The predicted octanol–water partition coefficient (Wildman–Crippen LogP) is -0.272. The first-order chi connectivity index (χ1) is 14.8. The number of quaternary nitrogens is 1. The Balaban J connectivity index is 2.05. The molecular formula is C23H29N4O3S+. The minimum absolute atomic E-state index is 0.0581. The molecule has 0 unspecified atom stereocenters. The Morgan fingerprint density at radius 1 is 1.32 bits per heavy atom. The van der Waals surface area contributed by atoms with Gasteiger partial charge in [-0.15, -0.1) is 11.3 Å². The van der Waals surface area contributed by atoms with Crippen LogP contribution in [0, 0.1) is 16.7 Å². The lowest BCUT2D eigenvalue weighted by Gasteiger charge is -2.23. The van der Waals surface area contributed by atoms with Crippen molar-refractivity contribution in [2.45, 2.75) is 33.7 Å². The standard InChI is InChI=1S/C23H28N4O3S/c1-23(2,3)20(28)18(16-24)22-27(10-4-9-26-11-13-30-14-12-26)21(29)19(31-22)15-17-5-7-25-8-6-17/h5-8,15H,4,9-14H2,1-3H3/p+1/b19-15-,22-18-. The van der Waals surface area contributed by atoms with Gasteiger partial charge >= 0.3 is 0 Å². The molecule has 2 aromatic rings. The molecule has 3 rings (SSSR count). The van der Waals surface area contributed by atoms with Gasteiger partial charge in [0, 0.05) is 30.8 Å². The summed E-state index contributed by atoms with van der Waals surface area (Å²) in [5, 5.41) is 9.80. The number of hydrogen-bond acceptors (Lipinski definition) is 6. The van der Waals surface area contributed by atoms with E-state index in [1.54, 1.807) is 43.8 Å². The van der Waals surface area contributed by atoms with E-state index in [1.807, 2.05) is 12.1 Å². The highest BCUT2D eigenvalue weighted by atomic mass is 32.1. The molecule has 2 aromatic heterocycles. The number of aromatic nitrogens is 2. The Morgan fingerprint density at radius 3 is 2.61 bits per heavy atom. The Kier molecular flexibility index (Phi) is 7.55. The molecule has 0 radical (unpaired) electrons. The highest BCUT2D eigenvalue weighted by molar-refractivity contribution is 7.07. The summed E-state index contributed by atoms with van der Waals surface area (Å²) in [6.45, 7) is 10.2. The average Bonchev–Trinajstić information content (AvgIpc) is 3.05. The molecule has 1 aliphatic heterocycles. The molecular weight excluding hydrogens is 412 g/mol. The van der Waals surface area contributed by atoms with Crippen LogP contribution in [-0.2, 0) is 16.1 Å². The second kappa shape index (κ2) is 10.1. The summed E-state index contributed by atoms with van der Waals surface area (Å²) in [6.07, 6.45) is 5.91. The summed E-state index contributed by atoms with van der Waals surface area (Å²) in [6, 6.07) is 5.72. The second-order valence-corrected chi connectivity index (χ2v) is 9.72. The molecule has 7 nitrogen and oxygen atoms in total. The number of rotatable bonds is 6. The van der Waals surface area contributed by atoms with E-state index >= 15 is 0 Å². The highest BCUT2D eigenvalue weighted by Gasteiger charge is 2.27. The third kappa shape index (κ3) is 5.76. The number of nitriles is 1. The van der Waals surface area contributed by atoms with Crippen molar-refractivity contribution < 1.29 is 14.4 Å². The molecule has 1 aliphatic rings. The fourth-order valence-electron chi connectivity index (χ4n) is 3.49. The lowest BCUT2D eigenvalue weighted by molar-refractivity contribution is -0.908. The lowest BCUT2D eigenvalue weighted by Crippen LogP contribution is -3.14. The van der Waals surface area contributed by atoms with Gasteiger partial charge in [-0.05, 0) is 23.8 Å². The van der Waals surface area contributed by atoms with Crippen LogP contribution in [0.1, 0.15) is 32.8 Å². The zero-order valence-corrected chi connectivity index (χ0v) is 19.1. The van der Waals surface area contributed by atoms with E-state index in [9.17, 15) is 14.9 Å². The van der Waals surface area contributed by atoms with Gasteiger partial charge < -0.3 is 9.64 Å². The molecule has 1 fully saturated rings. The van der Waals surface area contributed by atoms with E-state index < -0.39 is 5.41 Å². The largest absolute Gasteiger partial charge is 0.370 e. The Morgan fingerprint density at radius 2 is 2.00 bits per heavy atom. The van der Waals surface area contributed by atoms with Gasteiger partial charge in [-0.2, -0.15) is 5.26 Å². The highest BCUT2D eigenvalue weighted by Crippen LogP contribution is 2.19. The van der Waals surface area contributed by atoms with E-state index in [1.165, 1.54) is 16.2 Å². The predicted molar refractivity (Wildman–Crippen MR) is 120 cm³/mol. The zero-order valence-electron chi connectivity index (χ0n) is 18.3. The molecule has 3 heterocycles. The quantitative estimate of drug-likeness (QED) is 0.667. The van der Waals surface area contributed by atoms with Crippen molar-refractivity contribution in [3.63, 3.8) is 0 Å². The lowest BCUT2D eigenvalue weighted by atomic mass is 9.87. The van der Waals surface area contributed by atoms with Crippen molar-refractivity contribution in [1.82, 2.24) is 9.55 Å². The number of Topliss-reactive ketones (excluding diaryl/α,β-unsaturated/α-hetero) is 1. The number of hydrogen-bond donors (Lipinski definition) is 1. The van der Waals surface area contributed by atoms with Gasteiger partial charge in [-0.1, -0.05) is 20.8 Å². The number of pyridine rings is 1. The summed E-state index contributed by atoms with van der Waals surface area (Å²) >= 11 is 1.21. The smallest absolute Gasteiger partial charge is 0.269 e. The molecule has 0 saturated carbocycles. The number of nitrogens with zero attached hydrogens (tertiary/aromatic N) is 3. The van der Waals surface area contributed by atoms with Gasteiger partial charge in [-0.25, -0.2) is 0 Å². The molecule has 0 amide bonds. The third-order valence-electron chi connectivity index (χ3n) is 5.26. The molecule has 164 valence electrons. The van der Waals surface area contributed by atoms with Gasteiger partial charge in [0.2, 0.25) is 0 Å². The van der Waals surface area contributed by atoms with Crippen LogP contribution >= 0.6 is 11.3 Å². The van der Waals surface area contributed by atoms with E-state index in [2.05, 4.69) is 11.1 Å². The van der Waals surface area contributed by atoms with Crippen LogP contribution in [-0.4, -0.2) is 48.2 Å². The van der Waals surface area contributed by atoms with Crippen LogP contribution in [0.4, 0.5) is 0 Å². The zero-order chi connectivity index (χ0) is 22.4. The maximum absolute atomic E-state index is 13.2. The van der Waals surface area contributed by atoms with E-state index in [0.29, 0.717) is 15.7 Å². The first kappa shape index (κ1) is 23.1. The van der Waals surface area contributed by atoms with Gasteiger partial charge in [0.25, 0.3) is 5.56 Å². The summed E-state index contributed by atoms with van der Waals surface area (Å²) in [5.41, 5.74) is 0.0412. The van der Waals surface area contributed by atoms with Crippen LogP contribution in [0.3, 0.4) is 0 Å². The maximum Gasteiger partial charge on any atom is 0.269 e. The third-order valence-corrected chi connectivity index (χ3v) is 6.39. The number of carbonyl (C=O) groups excluding carboxylic acids is 1. The van der Waals surface area contributed by atoms with Crippen molar-refractivity contribution in [2.75, 3.05) is 32.8 Å². The normalized spacial score (nSPS) is 16.8. The first-order valence-electron chi connectivity index (χ1n) is 10.5. The minimum atomic E-state index is -0.705. The first-order valence-corrected chi connectivity index (χ1v) is 11.3. The molecule has 1 saturated heterocycles. The summed E-state index contributed by atoms with van der Waals surface area (Å²) in [7, 11) is 0. The van der Waals surface area contributed by atoms with Crippen molar-refractivity contribution in [3.8, 4) is 6.07 Å². The monoisotopic (exact) mass is 441 g/mol. The van der Waals surface area contributed by atoms with Crippen LogP contribution in [0.2, 0.25) is 0 Å². The SMILES string of the molecule is CC(C)(C)C(=O)/C(C#N)=c1\s/c(=C\c2ccncc2)c(=O)n1CCC[NH+]1CCOCC1. The van der Waals surface area contributed by atoms with E-state index in [0.717, 1.165) is 44.8 Å². The average molecular weight is 442 g/mol. The number of nitrogens with one attached hydrogen (secondary N) is 1. The molecule has 8 heteroatoms. The summed E-state index contributed by atoms with van der Waals surface area (Å²) < 4.78 is 7.98. The van der Waals surface area contributed by atoms with Crippen molar-refractivity contribution in [1.29, 1.82) is 5.26 Å². The molecule has 31 heavy (non-hydrogen) atoms. The Bertz CT molecular complexity index is 1130. The fourth-order valence-corrected chi connectivity index (χ4v) is 4.61. The van der Waals surface area contributed by atoms with E-state index in [-0.39, 0.29) is 16.9 Å². The number of carbonyl (C=O) groups is 1. The second-order valence-electron chi connectivity index (χ2n) is 8.68. The number of ether oxygens (including phenoxy) is 1. The van der Waals surface area contributed by atoms with Gasteiger partial charge in [0.1, 0.15) is 29.4 Å². The molecule has 0 atom stereocenters. The van der Waals surface area contributed by atoms with Crippen molar-refractivity contribution >= 4 is 28.8 Å². The molecule has 1 N–H and O–H groups in total. The Hall–Kier alpha value is -2.60. The number of ketones is 1. The van der Waals surface area contributed by atoms with Gasteiger partial charge in [0.05, 0.1) is 24.3 Å². The van der Waals surface area contributed by atoms with Crippen molar-refractivity contribution in [3.05, 3.63) is 49.6 Å². The topological polar surface area (TPSA) is 89.4 Å².